The van der Waals surface area contributed by atoms with Gasteiger partial charge in [-0.2, -0.15) is 4.31 Å². The largest absolute Gasteiger partial charge is 0.326 e. The molecule has 2 aromatic carbocycles. The first-order valence-corrected chi connectivity index (χ1v) is 12.7. The standard InChI is InChI=1S/C23H25N3O3S2/c1-17-6-5-7-18(14-17)23-25-20(16-30-23)15-22(27)24-19-8-10-21(11-9-19)31(28,29)26-12-3-2-4-13-26/h5-11,14,16H,2-4,12-13,15H2,1H3,(H,24,27). The van der Waals surface area contributed by atoms with Crippen LogP contribution in [-0.4, -0.2) is 36.7 Å². The van der Waals surface area contributed by atoms with Gasteiger partial charge in [-0.05, 0) is 50.1 Å². The highest BCUT2D eigenvalue weighted by Crippen LogP contribution is 2.25. The zero-order valence-electron chi connectivity index (χ0n) is 17.4. The van der Waals surface area contributed by atoms with Crippen molar-refractivity contribution in [2.24, 2.45) is 0 Å². The van der Waals surface area contributed by atoms with Crippen molar-refractivity contribution >= 4 is 33.0 Å². The molecule has 3 aromatic rings. The molecule has 0 saturated carbocycles. The molecule has 2 heterocycles. The van der Waals surface area contributed by atoms with Crippen LogP contribution >= 0.6 is 11.3 Å². The van der Waals surface area contributed by atoms with Crippen molar-refractivity contribution in [2.45, 2.75) is 37.5 Å². The van der Waals surface area contributed by atoms with Gasteiger partial charge >= 0.3 is 0 Å². The number of piperidine rings is 1. The van der Waals surface area contributed by atoms with E-state index in [2.05, 4.69) is 16.4 Å². The summed E-state index contributed by atoms with van der Waals surface area (Å²) in [5, 5.41) is 5.61. The van der Waals surface area contributed by atoms with E-state index in [1.807, 2.05) is 30.5 Å². The van der Waals surface area contributed by atoms with E-state index in [4.69, 9.17) is 0 Å². The third-order valence-electron chi connectivity index (χ3n) is 5.25. The number of rotatable bonds is 6. The molecule has 0 bridgehead atoms. The summed E-state index contributed by atoms with van der Waals surface area (Å²) in [6.07, 6.45) is 3.03. The van der Waals surface area contributed by atoms with Crippen molar-refractivity contribution in [1.29, 1.82) is 0 Å². The number of sulfonamides is 1. The van der Waals surface area contributed by atoms with E-state index < -0.39 is 10.0 Å². The van der Waals surface area contributed by atoms with Crippen molar-refractivity contribution in [1.82, 2.24) is 9.29 Å². The summed E-state index contributed by atoms with van der Waals surface area (Å²) in [6, 6.07) is 14.5. The molecule has 8 heteroatoms. The van der Waals surface area contributed by atoms with E-state index in [0.29, 0.717) is 24.5 Å². The van der Waals surface area contributed by atoms with Gasteiger partial charge in [-0.15, -0.1) is 11.3 Å². The maximum absolute atomic E-state index is 12.7. The van der Waals surface area contributed by atoms with Gasteiger partial charge in [0.15, 0.2) is 0 Å². The lowest BCUT2D eigenvalue weighted by atomic mass is 10.1. The van der Waals surface area contributed by atoms with Gasteiger partial charge in [-0.1, -0.05) is 30.2 Å². The number of thiazole rings is 1. The average molecular weight is 456 g/mol. The normalized spacial score (nSPS) is 15.0. The molecular weight excluding hydrogens is 430 g/mol. The van der Waals surface area contributed by atoms with Crippen molar-refractivity contribution in [3.05, 3.63) is 65.2 Å². The van der Waals surface area contributed by atoms with Crippen LogP contribution in [0.15, 0.2) is 58.8 Å². The SMILES string of the molecule is Cc1cccc(-c2nc(CC(=O)Nc3ccc(S(=O)(=O)N4CCCCC4)cc3)cs2)c1. The first-order valence-electron chi connectivity index (χ1n) is 10.3. The Kier molecular flexibility index (Phi) is 6.50. The van der Waals surface area contributed by atoms with E-state index in [9.17, 15) is 13.2 Å². The van der Waals surface area contributed by atoms with Crippen LogP contribution in [0.2, 0.25) is 0 Å². The number of aromatic nitrogens is 1. The summed E-state index contributed by atoms with van der Waals surface area (Å²) < 4.78 is 27.0. The minimum Gasteiger partial charge on any atom is -0.326 e. The number of nitrogens with one attached hydrogen (secondary N) is 1. The molecule has 0 atom stereocenters. The quantitative estimate of drug-likeness (QED) is 0.595. The number of aryl methyl sites for hydroxylation is 1. The smallest absolute Gasteiger partial charge is 0.243 e. The first kappa shape index (κ1) is 21.7. The maximum Gasteiger partial charge on any atom is 0.243 e. The van der Waals surface area contributed by atoms with Gasteiger partial charge in [0.1, 0.15) is 5.01 Å². The Hall–Kier alpha value is -2.55. The minimum atomic E-state index is -3.47. The summed E-state index contributed by atoms with van der Waals surface area (Å²) in [5.74, 6) is -0.187. The summed E-state index contributed by atoms with van der Waals surface area (Å²) in [6.45, 7) is 3.17. The summed E-state index contributed by atoms with van der Waals surface area (Å²) in [4.78, 5) is 17.3. The van der Waals surface area contributed by atoms with E-state index in [-0.39, 0.29) is 17.2 Å². The van der Waals surface area contributed by atoms with Gasteiger partial charge in [0, 0.05) is 29.7 Å². The molecule has 1 aromatic heterocycles. The van der Waals surface area contributed by atoms with Crippen LogP contribution in [0.4, 0.5) is 5.69 Å². The van der Waals surface area contributed by atoms with E-state index in [1.54, 1.807) is 24.3 Å². The summed E-state index contributed by atoms with van der Waals surface area (Å²) in [7, 11) is -3.47. The first-order chi connectivity index (χ1) is 14.9. The maximum atomic E-state index is 12.7. The molecule has 6 nitrogen and oxygen atoms in total. The molecule has 1 aliphatic rings. The van der Waals surface area contributed by atoms with Gasteiger partial charge in [0.05, 0.1) is 17.0 Å². The van der Waals surface area contributed by atoms with Gasteiger partial charge < -0.3 is 5.32 Å². The Morgan fingerprint density at radius 2 is 1.84 bits per heavy atom. The number of carbonyl (C=O) groups is 1. The van der Waals surface area contributed by atoms with Gasteiger partial charge in [0.2, 0.25) is 15.9 Å². The van der Waals surface area contributed by atoms with Gasteiger partial charge in [-0.25, -0.2) is 13.4 Å². The number of nitrogens with zero attached hydrogens (tertiary/aromatic N) is 2. The molecule has 162 valence electrons. The predicted octanol–water partition coefficient (Wildman–Crippen LogP) is 4.47. The Bertz CT molecular complexity index is 1160. The lowest BCUT2D eigenvalue weighted by Gasteiger charge is -2.25. The zero-order valence-corrected chi connectivity index (χ0v) is 19.0. The number of carbonyl (C=O) groups excluding carboxylic acids is 1. The van der Waals surface area contributed by atoms with Crippen LogP contribution in [0.25, 0.3) is 10.6 Å². The van der Waals surface area contributed by atoms with Crippen LogP contribution in [-0.2, 0) is 21.2 Å². The van der Waals surface area contributed by atoms with E-state index >= 15 is 0 Å². The monoisotopic (exact) mass is 455 g/mol. The van der Waals surface area contributed by atoms with Crippen molar-refractivity contribution in [3.8, 4) is 10.6 Å². The van der Waals surface area contributed by atoms with E-state index in [1.165, 1.54) is 15.6 Å². The molecule has 0 spiro atoms. The minimum absolute atomic E-state index is 0.163. The Labute approximate surface area is 187 Å². The fourth-order valence-corrected chi connectivity index (χ4v) is 5.97. The third-order valence-corrected chi connectivity index (χ3v) is 8.10. The number of anilines is 1. The van der Waals surface area contributed by atoms with Gasteiger partial charge in [0.25, 0.3) is 0 Å². The molecule has 1 fully saturated rings. The second-order valence-electron chi connectivity index (χ2n) is 7.73. The second kappa shape index (κ2) is 9.30. The van der Waals surface area contributed by atoms with Gasteiger partial charge in [-0.3, -0.25) is 4.79 Å². The van der Waals surface area contributed by atoms with E-state index in [0.717, 1.165) is 35.4 Å². The molecule has 0 unspecified atom stereocenters. The molecular formula is C23H25N3O3S2. The van der Waals surface area contributed by atoms with Crippen molar-refractivity contribution < 1.29 is 13.2 Å². The molecule has 4 rings (SSSR count). The molecule has 1 aliphatic heterocycles. The van der Waals surface area contributed by atoms with Crippen molar-refractivity contribution in [2.75, 3.05) is 18.4 Å². The van der Waals surface area contributed by atoms with Crippen LogP contribution in [0.1, 0.15) is 30.5 Å². The molecule has 0 aliphatic carbocycles. The lowest BCUT2D eigenvalue weighted by Crippen LogP contribution is -2.35. The Morgan fingerprint density at radius 3 is 2.55 bits per heavy atom. The Morgan fingerprint density at radius 1 is 1.10 bits per heavy atom. The molecule has 1 amide bonds. The second-order valence-corrected chi connectivity index (χ2v) is 10.5. The summed E-state index contributed by atoms with van der Waals surface area (Å²) in [5.41, 5.74) is 3.49. The van der Waals surface area contributed by atoms with Crippen LogP contribution in [0.3, 0.4) is 0 Å². The number of hydrogen-bond donors (Lipinski definition) is 1. The fourth-order valence-electron chi connectivity index (χ4n) is 3.63. The van der Waals surface area contributed by atoms with Crippen LogP contribution < -0.4 is 5.32 Å². The number of amides is 1. The summed E-state index contributed by atoms with van der Waals surface area (Å²) >= 11 is 1.52. The number of benzene rings is 2. The lowest BCUT2D eigenvalue weighted by molar-refractivity contribution is -0.115. The molecule has 31 heavy (non-hydrogen) atoms. The molecule has 1 N–H and O–H groups in total. The molecule has 1 saturated heterocycles. The highest BCUT2D eigenvalue weighted by Gasteiger charge is 2.25. The molecule has 0 radical (unpaired) electrons. The van der Waals surface area contributed by atoms with Crippen LogP contribution in [0, 0.1) is 6.92 Å². The predicted molar refractivity (Wildman–Crippen MR) is 124 cm³/mol. The fraction of sp³-hybridized carbons (Fsp3) is 0.304. The number of hydrogen-bond acceptors (Lipinski definition) is 5. The van der Waals surface area contributed by atoms with Crippen LogP contribution in [0.5, 0.6) is 0 Å². The average Bonchev–Trinajstić information content (AvgIpc) is 3.23. The zero-order chi connectivity index (χ0) is 21.8. The third kappa shape index (κ3) is 5.20. The highest BCUT2D eigenvalue weighted by molar-refractivity contribution is 7.89. The Balaban J connectivity index is 1.38. The topological polar surface area (TPSA) is 79.4 Å². The highest BCUT2D eigenvalue weighted by atomic mass is 32.2. The van der Waals surface area contributed by atoms with Crippen molar-refractivity contribution in [3.63, 3.8) is 0 Å².